The lowest BCUT2D eigenvalue weighted by Crippen LogP contribution is -2.46. The predicted molar refractivity (Wildman–Crippen MR) is 164 cm³/mol. The Balaban J connectivity index is 1.57. The van der Waals surface area contributed by atoms with Gasteiger partial charge in [0, 0.05) is 38.2 Å². The van der Waals surface area contributed by atoms with E-state index in [9.17, 15) is 19.2 Å². The van der Waals surface area contributed by atoms with Crippen molar-refractivity contribution in [2.45, 2.75) is 45.2 Å². The number of anilines is 1. The molecule has 1 aromatic heterocycles. The second-order valence-corrected chi connectivity index (χ2v) is 10.4. The molecule has 12 nitrogen and oxygen atoms in total. The summed E-state index contributed by atoms with van der Waals surface area (Å²) in [5, 5.41) is 8.29. The third-order valence-corrected chi connectivity index (χ3v) is 7.17. The van der Waals surface area contributed by atoms with Gasteiger partial charge in [0.25, 0.3) is 11.8 Å². The number of nitrogen functional groups attached to an aromatic ring is 1. The van der Waals surface area contributed by atoms with E-state index in [2.05, 4.69) is 20.9 Å². The quantitative estimate of drug-likeness (QED) is 0.347. The average Bonchev–Trinajstić information content (AvgIpc) is 3.03. The summed E-state index contributed by atoms with van der Waals surface area (Å²) in [7, 11) is 1.43. The largest absolute Gasteiger partial charge is 0.493 e. The van der Waals surface area contributed by atoms with E-state index < -0.39 is 23.7 Å². The number of hydrogen-bond acceptors (Lipinski definition) is 8. The van der Waals surface area contributed by atoms with Crippen LogP contribution in [0.2, 0.25) is 0 Å². The molecule has 4 bridgehead atoms. The molecule has 3 aromatic rings. The molecule has 2 aliphatic heterocycles. The Bertz CT molecular complexity index is 1550. The number of nitrogens with two attached hydrogens (primary N) is 1. The number of carbonyl (C=O) groups is 4. The molecule has 45 heavy (non-hydrogen) atoms. The van der Waals surface area contributed by atoms with Gasteiger partial charge in [0.2, 0.25) is 11.8 Å². The Hall–Kier alpha value is -5.20. The minimum Gasteiger partial charge on any atom is -0.493 e. The van der Waals surface area contributed by atoms with Crippen LogP contribution in [0.25, 0.3) is 0 Å². The van der Waals surface area contributed by atoms with Crippen LogP contribution in [0.3, 0.4) is 0 Å². The Labute approximate surface area is 260 Å². The van der Waals surface area contributed by atoms with Crippen molar-refractivity contribution >= 4 is 29.4 Å². The molecule has 4 amide bonds. The number of methoxy groups -OCH3 is 1. The molecule has 0 saturated heterocycles. The maximum absolute atomic E-state index is 15.0. The summed E-state index contributed by atoms with van der Waals surface area (Å²) in [6.45, 7) is 2.53. The lowest BCUT2D eigenvalue weighted by atomic mass is 10.1. The van der Waals surface area contributed by atoms with Crippen molar-refractivity contribution in [1.82, 2.24) is 25.8 Å². The van der Waals surface area contributed by atoms with Gasteiger partial charge in [-0.25, -0.2) is 9.37 Å². The highest BCUT2D eigenvalue weighted by Gasteiger charge is 2.21. The number of carbonyl (C=O) groups excluding carboxylic acids is 4. The molecule has 13 heteroatoms. The van der Waals surface area contributed by atoms with E-state index in [1.54, 1.807) is 48.2 Å². The van der Waals surface area contributed by atoms with Crippen LogP contribution in [0, 0.1) is 5.82 Å². The lowest BCUT2D eigenvalue weighted by Gasteiger charge is -2.23. The molecule has 0 fully saturated rings. The van der Waals surface area contributed by atoms with E-state index in [0.717, 1.165) is 0 Å². The van der Waals surface area contributed by atoms with Crippen molar-refractivity contribution in [3.05, 3.63) is 77.2 Å². The topological polar surface area (TPSA) is 165 Å². The summed E-state index contributed by atoms with van der Waals surface area (Å²) in [4.78, 5) is 57.5. The van der Waals surface area contributed by atoms with Gasteiger partial charge in [0.1, 0.15) is 17.6 Å². The number of nitrogens with one attached hydrogen (secondary N) is 3. The fraction of sp³-hybridized carbons (Fsp3) is 0.344. The van der Waals surface area contributed by atoms with Crippen LogP contribution in [0.1, 0.15) is 59.0 Å². The standard InChI is InChI=1S/C32H37FN6O6/c1-3-23-31(42)36-19-20-10-12-25(22(33)17-20)45-27-18-21(11-13-26(27)44-2)30(41)35-14-6-16-39(15-5-9-29(40)38-23)32(43)24-7-4-8-28(34)37-24/h4,7-8,10-13,17-18,23H,3,5-6,9,14-16,19H2,1-2H3,(H2,34,37)(H,35,41)(H,36,42)(H,38,40)/t23-/m0/s1. The molecule has 238 valence electrons. The van der Waals surface area contributed by atoms with E-state index in [1.165, 1.54) is 25.3 Å². The Morgan fingerprint density at radius 1 is 1.07 bits per heavy atom. The van der Waals surface area contributed by atoms with Gasteiger partial charge >= 0.3 is 0 Å². The number of rotatable bonds is 3. The van der Waals surface area contributed by atoms with Gasteiger partial charge in [-0.05, 0) is 67.3 Å². The first-order valence-corrected chi connectivity index (χ1v) is 14.7. The van der Waals surface area contributed by atoms with Crippen LogP contribution in [0.15, 0.2) is 54.6 Å². The number of pyridine rings is 1. The second kappa shape index (κ2) is 15.5. The number of fused-ring (bicyclic) bond motifs is 16. The zero-order valence-corrected chi connectivity index (χ0v) is 25.2. The van der Waals surface area contributed by atoms with Gasteiger partial charge in [-0.15, -0.1) is 0 Å². The van der Waals surface area contributed by atoms with Gasteiger partial charge in [0.15, 0.2) is 23.1 Å². The van der Waals surface area contributed by atoms with Crippen molar-refractivity contribution in [3.8, 4) is 17.2 Å². The molecule has 0 saturated carbocycles. The number of halogens is 1. The molecule has 0 radical (unpaired) electrons. The number of nitrogens with zero attached hydrogens (tertiary/aromatic N) is 2. The zero-order chi connectivity index (χ0) is 32.3. The van der Waals surface area contributed by atoms with Crippen molar-refractivity contribution < 1.29 is 33.0 Å². The minimum atomic E-state index is -0.788. The Morgan fingerprint density at radius 3 is 2.60 bits per heavy atom. The van der Waals surface area contributed by atoms with Gasteiger partial charge in [-0.1, -0.05) is 19.1 Å². The molecule has 2 aromatic carbocycles. The molecule has 0 unspecified atom stereocenters. The molecular weight excluding hydrogens is 583 g/mol. The van der Waals surface area contributed by atoms with Crippen LogP contribution >= 0.6 is 0 Å². The fourth-order valence-corrected chi connectivity index (χ4v) is 4.74. The van der Waals surface area contributed by atoms with Crippen LogP contribution in [0.4, 0.5) is 10.2 Å². The van der Waals surface area contributed by atoms with E-state index in [1.807, 2.05) is 0 Å². The molecule has 5 rings (SSSR count). The Morgan fingerprint density at radius 2 is 1.87 bits per heavy atom. The van der Waals surface area contributed by atoms with Crippen LogP contribution < -0.4 is 31.2 Å². The highest BCUT2D eigenvalue weighted by molar-refractivity contribution is 5.95. The van der Waals surface area contributed by atoms with Crippen LogP contribution in [-0.2, 0) is 16.1 Å². The van der Waals surface area contributed by atoms with Crippen LogP contribution in [-0.4, -0.2) is 66.3 Å². The van der Waals surface area contributed by atoms with Crippen LogP contribution in [0.5, 0.6) is 17.2 Å². The van der Waals surface area contributed by atoms with E-state index in [4.69, 9.17) is 15.2 Å². The maximum atomic E-state index is 15.0. The van der Waals surface area contributed by atoms with Gasteiger partial charge in [-0.3, -0.25) is 19.2 Å². The second-order valence-electron chi connectivity index (χ2n) is 10.4. The maximum Gasteiger partial charge on any atom is 0.272 e. The third-order valence-electron chi connectivity index (χ3n) is 7.17. The van der Waals surface area contributed by atoms with E-state index in [0.29, 0.717) is 30.6 Å². The lowest BCUT2D eigenvalue weighted by molar-refractivity contribution is -0.129. The SMILES string of the molecule is CC[C@@H]1NC(=O)CCCN(C(=O)c2cccc(N)n2)CCCNC(=O)c2ccc(OC)c(c2)Oc2ccc(cc2F)CNC1=O. The molecule has 0 spiro atoms. The third kappa shape index (κ3) is 8.91. The zero-order valence-electron chi connectivity index (χ0n) is 25.2. The smallest absolute Gasteiger partial charge is 0.272 e. The molecule has 1 atom stereocenters. The molecule has 5 N–H and O–H groups in total. The first-order valence-electron chi connectivity index (χ1n) is 14.7. The first-order chi connectivity index (χ1) is 21.7. The molecular formula is C32H37FN6O6. The first kappa shape index (κ1) is 32.7. The number of aromatic nitrogens is 1. The van der Waals surface area contributed by atoms with E-state index >= 15 is 4.39 Å². The van der Waals surface area contributed by atoms with Crippen molar-refractivity contribution in [1.29, 1.82) is 0 Å². The monoisotopic (exact) mass is 620 g/mol. The summed E-state index contributed by atoms with van der Waals surface area (Å²) in [6, 6.07) is 12.8. The highest BCUT2D eigenvalue weighted by Crippen LogP contribution is 2.34. The predicted octanol–water partition coefficient (Wildman–Crippen LogP) is 3.17. The van der Waals surface area contributed by atoms with Crippen molar-refractivity contribution in [3.63, 3.8) is 0 Å². The molecule has 0 aliphatic carbocycles. The van der Waals surface area contributed by atoms with Gasteiger partial charge in [0.05, 0.1) is 7.11 Å². The minimum absolute atomic E-state index is 0.0243. The number of ether oxygens (including phenoxy) is 2. The summed E-state index contributed by atoms with van der Waals surface area (Å²) in [6.07, 6.45) is 1.14. The highest BCUT2D eigenvalue weighted by atomic mass is 19.1. The number of amides is 4. The summed E-state index contributed by atoms with van der Waals surface area (Å²) >= 11 is 0. The number of hydrogen-bond donors (Lipinski definition) is 4. The number of benzene rings is 2. The molecule has 3 heterocycles. The Kier molecular flexibility index (Phi) is 11.3. The van der Waals surface area contributed by atoms with Gasteiger partial charge < -0.3 is 36.1 Å². The fourth-order valence-electron chi connectivity index (χ4n) is 4.74. The average molecular weight is 621 g/mol. The van der Waals surface area contributed by atoms with Crippen molar-refractivity contribution in [2.24, 2.45) is 0 Å². The van der Waals surface area contributed by atoms with E-state index in [-0.39, 0.29) is 73.0 Å². The van der Waals surface area contributed by atoms with Crippen molar-refractivity contribution in [2.75, 3.05) is 32.5 Å². The normalized spacial score (nSPS) is 17.0. The summed E-state index contributed by atoms with van der Waals surface area (Å²) < 4.78 is 26.1. The van der Waals surface area contributed by atoms with Gasteiger partial charge in [-0.2, -0.15) is 0 Å². The molecule has 2 aliphatic rings. The summed E-state index contributed by atoms with van der Waals surface area (Å²) in [5.41, 5.74) is 6.68. The summed E-state index contributed by atoms with van der Waals surface area (Å²) in [5.74, 6) is -1.65.